The molecule has 0 saturated carbocycles. The topological polar surface area (TPSA) is 167 Å². The maximum absolute atomic E-state index is 14.5. The van der Waals surface area contributed by atoms with Crippen molar-refractivity contribution in [3.05, 3.63) is 54.1 Å². The average molecular weight is 731 g/mol. The Morgan fingerprint density at radius 3 is 2.45 bits per heavy atom. The number of aliphatic hydroxyl groups excluding tert-OH is 1. The molecule has 13 nitrogen and oxygen atoms in total. The molecule has 282 valence electrons. The zero-order chi connectivity index (χ0) is 37.0. The second-order valence-electron chi connectivity index (χ2n) is 15.5. The summed E-state index contributed by atoms with van der Waals surface area (Å²) >= 11 is 0. The van der Waals surface area contributed by atoms with Gasteiger partial charge in [0, 0.05) is 37.0 Å². The highest BCUT2D eigenvalue weighted by atomic mass is 32.2. The van der Waals surface area contributed by atoms with Crippen molar-refractivity contribution in [1.82, 2.24) is 14.5 Å². The van der Waals surface area contributed by atoms with Crippen LogP contribution in [0, 0.1) is 16.7 Å². The lowest BCUT2D eigenvalue weighted by molar-refractivity contribution is -0.273. The summed E-state index contributed by atoms with van der Waals surface area (Å²) in [7, 11) is -4.24. The fourth-order valence-electron chi connectivity index (χ4n) is 7.04. The molecule has 0 bridgehead atoms. The van der Waals surface area contributed by atoms with Gasteiger partial charge in [0.15, 0.2) is 17.8 Å². The summed E-state index contributed by atoms with van der Waals surface area (Å²) in [5.74, 6) is 0.453. The standard InChI is InChI=1S/C37H53N3O10S/c1-36(2,3)34(42)38-17-10-9-16-37(4,5)23-39(51(45,46)26-13-14-31-32(20-26)50-24-49-31)21-30(41)28(19-25-11-7-6-8-12-25)40(35(43)44)29-22-48-33-27(29)15-18-47-33/h6-8,11-14,20,27-30,33,41H,9-10,15-19,21-24H2,1-5H3,(H,38,42)(H,43,44)/p-1/t27-,28-,29-,30+,33+/m0/s1. The van der Waals surface area contributed by atoms with Crippen LogP contribution < -0.4 is 19.9 Å². The van der Waals surface area contributed by atoms with Gasteiger partial charge in [-0.1, -0.05) is 71.4 Å². The Hall–Kier alpha value is -3.43. The molecule has 0 aliphatic carbocycles. The quantitative estimate of drug-likeness (QED) is 0.245. The fraction of sp³-hybridized carbons (Fsp3) is 0.622. The first-order chi connectivity index (χ1) is 24.1. The summed E-state index contributed by atoms with van der Waals surface area (Å²) in [6, 6.07) is 11.9. The summed E-state index contributed by atoms with van der Waals surface area (Å²) in [5.41, 5.74) is -0.283. The lowest BCUT2D eigenvalue weighted by Crippen LogP contribution is -2.61. The van der Waals surface area contributed by atoms with E-state index in [1.54, 1.807) is 0 Å². The van der Waals surface area contributed by atoms with Crippen LogP contribution in [0.4, 0.5) is 4.79 Å². The molecule has 51 heavy (non-hydrogen) atoms. The van der Waals surface area contributed by atoms with Crippen LogP contribution in [0.15, 0.2) is 53.4 Å². The number of nitrogens with zero attached hydrogens (tertiary/aromatic N) is 2. The third-order valence-corrected chi connectivity index (χ3v) is 11.7. The van der Waals surface area contributed by atoms with Gasteiger partial charge < -0.3 is 44.2 Å². The number of carboxylic acid groups (broad SMARTS) is 1. The number of rotatable bonds is 16. The molecule has 3 aliphatic rings. The van der Waals surface area contributed by atoms with E-state index >= 15 is 0 Å². The minimum atomic E-state index is -4.24. The minimum absolute atomic E-state index is 0.0253. The lowest BCUT2D eigenvalue weighted by atomic mass is 9.86. The SMILES string of the molecule is CC(C)(CCCCNC(=O)C(C)(C)C)CN(C[C@@H](O)[C@H](Cc1ccccc1)N(C(=O)[O-])[C@H]1CO[C@H]2OCC[C@H]21)S(=O)(=O)c1ccc2c(c1)OCO2. The number of carbonyl (C=O) groups excluding carboxylic acids is 2. The Labute approximate surface area is 301 Å². The Balaban J connectivity index is 1.41. The monoisotopic (exact) mass is 730 g/mol. The summed E-state index contributed by atoms with van der Waals surface area (Å²) in [6.07, 6.45) is -0.702. The van der Waals surface area contributed by atoms with Gasteiger partial charge in [0.2, 0.25) is 22.7 Å². The Kier molecular flexibility index (Phi) is 12.2. The zero-order valence-electron chi connectivity index (χ0n) is 30.2. The van der Waals surface area contributed by atoms with Crippen molar-refractivity contribution in [2.45, 2.75) is 96.1 Å². The molecular formula is C37H52N3O10S-. The van der Waals surface area contributed by atoms with Gasteiger partial charge in [0.1, 0.15) is 6.09 Å². The molecule has 2 amide bonds. The number of aliphatic hydroxyl groups is 1. The van der Waals surface area contributed by atoms with E-state index in [2.05, 4.69) is 5.32 Å². The first kappa shape index (κ1) is 38.8. The molecule has 14 heteroatoms. The molecule has 2 N–H and O–H groups in total. The van der Waals surface area contributed by atoms with Gasteiger partial charge >= 0.3 is 0 Å². The number of benzene rings is 2. The zero-order valence-corrected chi connectivity index (χ0v) is 31.0. The minimum Gasteiger partial charge on any atom is -0.530 e. The van der Waals surface area contributed by atoms with E-state index in [4.69, 9.17) is 18.9 Å². The van der Waals surface area contributed by atoms with E-state index < -0.39 is 51.4 Å². The molecular weight excluding hydrogens is 678 g/mol. The summed E-state index contributed by atoms with van der Waals surface area (Å²) < 4.78 is 52.5. The van der Waals surface area contributed by atoms with Crippen LogP contribution in [0.3, 0.4) is 0 Å². The highest BCUT2D eigenvalue weighted by Crippen LogP contribution is 2.38. The Bertz CT molecular complexity index is 1610. The second kappa shape index (κ2) is 16.1. The summed E-state index contributed by atoms with van der Waals surface area (Å²) in [6.45, 7) is 10.1. The fourth-order valence-corrected chi connectivity index (χ4v) is 8.70. The van der Waals surface area contributed by atoms with Crippen LogP contribution in [-0.4, -0.2) is 98.8 Å². The van der Waals surface area contributed by atoms with E-state index in [1.165, 1.54) is 22.5 Å². The highest BCUT2D eigenvalue weighted by Gasteiger charge is 2.47. The van der Waals surface area contributed by atoms with Crippen LogP contribution in [0.5, 0.6) is 11.5 Å². The van der Waals surface area contributed by atoms with Crippen molar-refractivity contribution < 1.29 is 47.2 Å². The third-order valence-electron chi connectivity index (χ3n) is 9.89. The van der Waals surface area contributed by atoms with Crippen molar-refractivity contribution >= 4 is 22.0 Å². The molecule has 0 radical (unpaired) electrons. The van der Waals surface area contributed by atoms with Gasteiger partial charge in [-0.15, -0.1) is 0 Å². The Morgan fingerprint density at radius 2 is 1.75 bits per heavy atom. The van der Waals surface area contributed by atoms with Crippen LogP contribution in [-0.2, 0) is 30.7 Å². The average Bonchev–Trinajstić information content (AvgIpc) is 3.82. The van der Waals surface area contributed by atoms with Gasteiger partial charge in [-0.2, -0.15) is 4.31 Å². The van der Waals surface area contributed by atoms with E-state index in [0.717, 1.165) is 16.9 Å². The number of sulfonamides is 1. The van der Waals surface area contributed by atoms with E-state index in [1.807, 2.05) is 65.0 Å². The summed E-state index contributed by atoms with van der Waals surface area (Å²) in [5, 5.41) is 28.0. The third kappa shape index (κ3) is 9.52. The first-order valence-corrected chi connectivity index (χ1v) is 19.1. The number of hydrogen-bond donors (Lipinski definition) is 2. The molecule has 2 aromatic rings. The van der Waals surface area contributed by atoms with Crippen LogP contribution >= 0.6 is 0 Å². The molecule has 0 unspecified atom stereocenters. The number of carbonyl (C=O) groups is 2. The second-order valence-corrected chi connectivity index (χ2v) is 17.5. The number of unbranched alkanes of at least 4 members (excludes halogenated alkanes) is 1. The number of hydrogen-bond acceptors (Lipinski definition) is 10. The molecule has 0 spiro atoms. The molecule has 0 aromatic heterocycles. The first-order valence-electron chi connectivity index (χ1n) is 17.7. The number of amides is 2. The normalized spacial score (nSPS) is 21.4. The molecule has 5 atom stereocenters. The van der Waals surface area contributed by atoms with Crippen molar-refractivity contribution in [3.8, 4) is 11.5 Å². The maximum Gasteiger partial charge on any atom is 0.243 e. The number of ether oxygens (including phenoxy) is 4. The van der Waals surface area contributed by atoms with Crippen molar-refractivity contribution in [3.63, 3.8) is 0 Å². The molecule has 3 aliphatic heterocycles. The molecule has 2 aromatic carbocycles. The maximum atomic E-state index is 14.5. The van der Waals surface area contributed by atoms with Gasteiger partial charge in [-0.3, -0.25) is 4.79 Å². The summed E-state index contributed by atoms with van der Waals surface area (Å²) in [4.78, 5) is 26.4. The van der Waals surface area contributed by atoms with Crippen molar-refractivity contribution in [1.29, 1.82) is 0 Å². The molecule has 5 rings (SSSR count). The van der Waals surface area contributed by atoms with E-state index in [-0.39, 0.29) is 49.6 Å². The smallest absolute Gasteiger partial charge is 0.243 e. The van der Waals surface area contributed by atoms with Gasteiger partial charge in [-0.05, 0) is 48.8 Å². The largest absolute Gasteiger partial charge is 0.530 e. The van der Waals surface area contributed by atoms with Crippen LogP contribution in [0.25, 0.3) is 0 Å². The molecule has 3 heterocycles. The highest BCUT2D eigenvalue weighted by molar-refractivity contribution is 7.89. The van der Waals surface area contributed by atoms with Crippen LogP contribution in [0.1, 0.15) is 65.9 Å². The van der Waals surface area contributed by atoms with Crippen LogP contribution in [0.2, 0.25) is 0 Å². The van der Waals surface area contributed by atoms with Gasteiger partial charge in [-0.25, -0.2) is 8.42 Å². The van der Waals surface area contributed by atoms with E-state index in [9.17, 15) is 28.2 Å². The Morgan fingerprint density at radius 1 is 1.02 bits per heavy atom. The van der Waals surface area contributed by atoms with E-state index in [0.29, 0.717) is 43.9 Å². The van der Waals surface area contributed by atoms with Gasteiger partial charge in [0.25, 0.3) is 0 Å². The number of nitrogens with one attached hydrogen (secondary N) is 1. The van der Waals surface area contributed by atoms with Crippen molar-refractivity contribution in [2.75, 3.05) is 39.6 Å². The van der Waals surface area contributed by atoms with Crippen molar-refractivity contribution in [2.24, 2.45) is 16.7 Å². The molecule has 2 saturated heterocycles. The predicted octanol–water partition coefficient (Wildman–Crippen LogP) is 3.14. The predicted molar refractivity (Wildman–Crippen MR) is 186 cm³/mol. The van der Waals surface area contributed by atoms with Gasteiger partial charge in [0.05, 0.1) is 36.3 Å². The molecule has 2 fully saturated rings. The number of fused-ring (bicyclic) bond motifs is 2. The lowest BCUT2D eigenvalue weighted by Gasteiger charge is -2.43.